The van der Waals surface area contributed by atoms with E-state index in [4.69, 9.17) is 14.7 Å². The van der Waals surface area contributed by atoms with Gasteiger partial charge in [0.1, 0.15) is 23.0 Å². The lowest BCUT2D eigenvalue weighted by molar-refractivity contribution is 0.483. The summed E-state index contributed by atoms with van der Waals surface area (Å²) < 4.78 is 8.79. The van der Waals surface area contributed by atoms with Crippen molar-refractivity contribution in [2.24, 2.45) is 0 Å². The molecule has 9 rings (SSSR count). The Morgan fingerprint density at radius 2 is 1.23 bits per heavy atom. The number of hydrogen-bond acceptors (Lipinski definition) is 5. The van der Waals surface area contributed by atoms with Gasteiger partial charge in [-0.1, -0.05) is 78.9 Å². The lowest BCUT2D eigenvalue weighted by Gasteiger charge is -2.13. The van der Waals surface area contributed by atoms with Crippen molar-refractivity contribution >= 4 is 32.8 Å². The molecule has 0 aliphatic carbocycles. The molecule has 0 spiro atoms. The van der Waals surface area contributed by atoms with Crippen molar-refractivity contribution in [2.45, 2.75) is 0 Å². The SMILES string of the molecule is c1ccc(-c2cc(Oc3ccc4c5cccnc5n(-c5cc(-c6ccccc6)ccn5)c4c3)cc(-c3cc4ccccc4nn3)c2)cc1. The Morgan fingerprint density at radius 3 is 2.08 bits per heavy atom. The van der Waals surface area contributed by atoms with Crippen molar-refractivity contribution in [1.82, 2.24) is 24.7 Å². The molecule has 0 N–H and O–H groups in total. The topological polar surface area (TPSA) is 65.7 Å². The highest BCUT2D eigenvalue weighted by Crippen LogP contribution is 2.37. The fraction of sp³-hybridized carbons (Fsp3) is 0. The Bertz CT molecular complexity index is 2600. The van der Waals surface area contributed by atoms with Gasteiger partial charge in [0, 0.05) is 40.2 Å². The largest absolute Gasteiger partial charge is 0.457 e. The number of ether oxygens (including phenoxy) is 1. The summed E-state index contributed by atoms with van der Waals surface area (Å²) in [5.41, 5.74) is 8.69. The van der Waals surface area contributed by atoms with Gasteiger partial charge >= 0.3 is 0 Å². The third kappa shape index (κ3) is 5.02. The van der Waals surface area contributed by atoms with E-state index in [0.717, 1.165) is 72.2 Å². The third-order valence-electron chi connectivity index (χ3n) is 8.62. The molecule has 0 amide bonds. The molecule has 6 heteroatoms. The minimum Gasteiger partial charge on any atom is -0.457 e. The molecule has 0 saturated heterocycles. The summed E-state index contributed by atoms with van der Waals surface area (Å²) in [5.74, 6) is 2.19. The zero-order valence-electron chi connectivity index (χ0n) is 25.7. The van der Waals surface area contributed by atoms with Crippen LogP contribution >= 0.6 is 0 Å². The van der Waals surface area contributed by atoms with Crippen LogP contribution < -0.4 is 4.74 Å². The first-order valence-corrected chi connectivity index (χ1v) is 15.8. The lowest BCUT2D eigenvalue weighted by Crippen LogP contribution is -1.99. The van der Waals surface area contributed by atoms with Crippen molar-refractivity contribution in [3.05, 3.63) is 164 Å². The molecule has 0 aliphatic rings. The lowest BCUT2D eigenvalue weighted by atomic mass is 10.0. The second kappa shape index (κ2) is 11.6. The number of fused-ring (bicyclic) bond motifs is 4. The Labute approximate surface area is 276 Å². The van der Waals surface area contributed by atoms with Crippen LogP contribution in [0.4, 0.5) is 0 Å². The summed E-state index contributed by atoms with van der Waals surface area (Å²) in [6.07, 6.45) is 3.67. The van der Waals surface area contributed by atoms with Gasteiger partial charge in [-0.3, -0.25) is 4.57 Å². The molecule has 48 heavy (non-hydrogen) atoms. The Hall–Kier alpha value is -6.66. The van der Waals surface area contributed by atoms with Gasteiger partial charge < -0.3 is 4.74 Å². The molecule has 0 aliphatic heterocycles. The smallest absolute Gasteiger partial charge is 0.146 e. The molecular weight excluding hydrogens is 590 g/mol. The van der Waals surface area contributed by atoms with Crippen LogP contribution in [-0.2, 0) is 0 Å². The van der Waals surface area contributed by atoms with Gasteiger partial charge in [-0.25, -0.2) is 9.97 Å². The first-order valence-electron chi connectivity index (χ1n) is 15.8. The standard InChI is InChI=1S/C42H27N5O/c1-3-10-28(11-4-1)30-19-21-43-41(26-30)47-40-27-34(17-18-36(40)37-15-9-20-44-42(37)47)48-35-23-32(29-12-5-2-6-13-29)22-33(24-35)39-25-31-14-7-8-16-38(31)45-46-39/h1-27H. The zero-order valence-corrected chi connectivity index (χ0v) is 25.7. The molecule has 6 nitrogen and oxygen atoms in total. The van der Waals surface area contributed by atoms with Crippen LogP contribution in [0.25, 0.3) is 72.2 Å². The molecule has 4 heterocycles. The van der Waals surface area contributed by atoms with Crippen molar-refractivity contribution in [3.63, 3.8) is 0 Å². The summed E-state index contributed by atoms with van der Waals surface area (Å²) in [7, 11) is 0. The highest BCUT2D eigenvalue weighted by atomic mass is 16.5. The highest BCUT2D eigenvalue weighted by Gasteiger charge is 2.17. The van der Waals surface area contributed by atoms with Crippen LogP contribution in [0.3, 0.4) is 0 Å². The van der Waals surface area contributed by atoms with Crippen LogP contribution in [0.5, 0.6) is 11.5 Å². The van der Waals surface area contributed by atoms with E-state index in [2.05, 4.69) is 87.6 Å². The fourth-order valence-corrected chi connectivity index (χ4v) is 6.33. The maximum Gasteiger partial charge on any atom is 0.146 e. The van der Waals surface area contributed by atoms with Gasteiger partial charge in [0.15, 0.2) is 0 Å². The Morgan fingerprint density at radius 1 is 0.458 bits per heavy atom. The minimum atomic E-state index is 0.700. The molecule has 4 aromatic heterocycles. The van der Waals surface area contributed by atoms with Crippen LogP contribution in [0.2, 0.25) is 0 Å². The number of nitrogens with zero attached hydrogens (tertiary/aromatic N) is 5. The van der Waals surface area contributed by atoms with E-state index in [-0.39, 0.29) is 0 Å². The monoisotopic (exact) mass is 617 g/mol. The molecule has 0 atom stereocenters. The van der Waals surface area contributed by atoms with Crippen molar-refractivity contribution < 1.29 is 4.74 Å². The van der Waals surface area contributed by atoms with Crippen LogP contribution in [0.15, 0.2) is 164 Å². The number of rotatable bonds is 6. The molecule has 0 saturated carbocycles. The van der Waals surface area contributed by atoms with Gasteiger partial charge in [0.2, 0.25) is 0 Å². The quantitative estimate of drug-likeness (QED) is 0.186. The molecular formula is C42H27N5O. The normalized spacial score (nSPS) is 11.3. The average Bonchev–Trinajstić information content (AvgIpc) is 3.49. The van der Waals surface area contributed by atoms with E-state index in [1.165, 1.54) is 0 Å². The third-order valence-corrected chi connectivity index (χ3v) is 8.62. The van der Waals surface area contributed by atoms with Crippen LogP contribution in [0, 0.1) is 0 Å². The van der Waals surface area contributed by atoms with Gasteiger partial charge in [-0.2, -0.15) is 0 Å². The van der Waals surface area contributed by atoms with E-state index in [0.29, 0.717) is 11.5 Å². The first-order chi connectivity index (χ1) is 23.8. The molecule has 0 bridgehead atoms. The van der Waals surface area contributed by atoms with Crippen molar-refractivity contribution in [1.29, 1.82) is 0 Å². The Kier molecular flexibility index (Phi) is 6.68. The summed E-state index contributed by atoms with van der Waals surface area (Å²) in [6.45, 7) is 0. The molecule has 5 aromatic carbocycles. The maximum atomic E-state index is 6.68. The van der Waals surface area contributed by atoms with Crippen molar-refractivity contribution in [3.8, 4) is 50.8 Å². The molecule has 9 aromatic rings. The van der Waals surface area contributed by atoms with Gasteiger partial charge in [0.05, 0.1) is 16.7 Å². The zero-order chi connectivity index (χ0) is 31.9. The van der Waals surface area contributed by atoms with E-state index in [1.54, 1.807) is 0 Å². The summed E-state index contributed by atoms with van der Waals surface area (Å²) in [6, 6.07) is 51.4. The van der Waals surface area contributed by atoms with Gasteiger partial charge in [-0.05, 0) is 89.0 Å². The average molecular weight is 618 g/mol. The van der Waals surface area contributed by atoms with Crippen LogP contribution in [0.1, 0.15) is 0 Å². The van der Waals surface area contributed by atoms with E-state index in [9.17, 15) is 0 Å². The number of benzene rings is 5. The van der Waals surface area contributed by atoms with Crippen molar-refractivity contribution in [2.75, 3.05) is 0 Å². The molecule has 226 valence electrons. The van der Waals surface area contributed by atoms with E-state index in [1.807, 2.05) is 91.3 Å². The van der Waals surface area contributed by atoms with Crippen LogP contribution in [-0.4, -0.2) is 24.7 Å². The highest BCUT2D eigenvalue weighted by molar-refractivity contribution is 6.08. The van der Waals surface area contributed by atoms with E-state index >= 15 is 0 Å². The summed E-state index contributed by atoms with van der Waals surface area (Å²) >= 11 is 0. The predicted molar refractivity (Wildman–Crippen MR) is 192 cm³/mol. The molecule has 0 fully saturated rings. The fourth-order valence-electron chi connectivity index (χ4n) is 6.33. The number of aromatic nitrogens is 5. The second-order valence-electron chi connectivity index (χ2n) is 11.7. The summed E-state index contributed by atoms with van der Waals surface area (Å²) in [4.78, 5) is 9.59. The van der Waals surface area contributed by atoms with Gasteiger partial charge in [0.25, 0.3) is 0 Å². The number of hydrogen-bond donors (Lipinski definition) is 0. The second-order valence-corrected chi connectivity index (χ2v) is 11.7. The van der Waals surface area contributed by atoms with Gasteiger partial charge in [-0.15, -0.1) is 10.2 Å². The first kappa shape index (κ1) is 27.6. The molecule has 0 radical (unpaired) electrons. The minimum absolute atomic E-state index is 0.700. The molecule has 0 unspecified atom stereocenters. The Balaban J connectivity index is 1.17. The predicted octanol–water partition coefficient (Wildman–Crippen LogP) is 10.3. The summed E-state index contributed by atoms with van der Waals surface area (Å²) in [5, 5.41) is 12.2. The number of pyridine rings is 2. The van der Waals surface area contributed by atoms with E-state index < -0.39 is 0 Å². The maximum absolute atomic E-state index is 6.68.